The summed E-state index contributed by atoms with van der Waals surface area (Å²) in [6, 6.07) is 10.4. The lowest BCUT2D eigenvalue weighted by atomic mass is 10.2. The van der Waals surface area contributed by atoms with Crippen molar-refractivity contribution in [3.63, 3.8) is 0 Å². The number of halogens is 1. The zero-order valence-corrected chi connectivity index (χ0v) is 17.7. The Balaban J connectivity index is 1.19. The molecule has 2 N–H and O–H groups in total. The summed E-state index contributed by atoms with van der Waals surface area (Å²) in [7, 11) is 0. The Labute approximate surface area is 182 Å². The van der Waals surface area contributed by atoms with Crippen molar-refractivity contribution >= 4 is 17.5 Å². The molecule has 1 aliphatic heterocycles. The number of nitrogens with one attached hydrogen (secondary N) is 2. The van der Waals surface area contributed by atoms with Crippen LogP contribution in [-0.2, 0) is 11.3 Å². The highest BCUT2D eigenvalue weighted by molar-refractivity contribution is 5.73. The van der Waals surface area contributed by atoms with E-state index in [9.17, 15) is 9.18 Å². The van der Waals surface area contributed by atoms with Crippen LogP contribution in [0.3, 0.4) is 0 Å². The van der Waals surface area contributed by atoms with Gasteiger partial charge in [-0.15, -0.1) is 0 Å². The summed E-state index contributed by atoms with van der Waals surface area (Å²) in [5.41, 5.74) is 2.04. The number of hydrogen-bond acceptors (Lipinski definition) is 5. The summed E-state index contributed by atoms with van der Waals surface area (Å²) in [4.78, 5) is 21.0. The molecule has 1 aromatic carbocycles. The Bertz CT molecular complexity index is 851. The number of urea groups is 1. The number of aromatic nitrogens is 1. The second kappa shape index (κ2) is 10.4. The van der Waals surface area contributed by atoms with Gasteiger partial charge in [-0.2, -0.15) is 0 Å². The first kappa shape index (κ1) is 21.4. The average Bonchev–Trinajstić information content (AvgIpc) is 3.63. The van der Waals surface area contributed by atoms with E-state index in [0.29, 0.717) is 19.7 Å². The average molecular weight is 428 g/mol. The molecule has 166 valence electrons. The molecular formula is C23H30FN5O2. The number of anilines is 2. The van der Waals surface area contributed by atoms with Gasteiger partial charge in [0.2, 0.25) is 0 Å². The van der Waals surface area contributed by atoms with Gasteiger partial charge < -0.3 is 25.2 Å². The quantitative estimate of drug-likeness (QED) is 0.603. The first-order valence-electron chi connectivity index (χ1n) is 11.0. The van der Waals surface area contributed by atoms with Crippen LogP contribution < -0.4 is 20.4 Å². The fraction of sp³-hybridized carbons (Fsp3) is 0.478. The van der Waals surface area contributed by atoms with Crippen molar-refractivity contribution in [2.45, 2.75) is 19.4 Å². The summed E-state index contributed by atoms with van der Waals surface area (Å²) in [5.74, 6) is 1.43. The molecule has 2 aromatic rings. The number of carbonyl (C=O) groups excluding carboxylic acids is 1. The number of rotatable bonds is 9. The normalized spacial score (nSPS) is 16.3. The molecule has 4 rings (SSSR count). The second-order valence-corrected chi connectivity index (χ2v) is 8.10. The monoisotopic (exact) mass is 427 g/mol. The fourth-order valence-electron chi connectivity index (χ4n) is 3.61. The van der Waals surface area contributed by atoms with E-state index in [1.165, 1.54) is 25.0 Å². The molecule has 2 heterocycles. The fourth-order valence-corrected chi connectivity index (χ4v) is 3.61. The van der Waals surface area contributed by atoms with Gasteiger partial charge in [-0.1, -0.05) is 0 Å². The third-order valence-electron chi connectivity index (χ3n) is 5.64. The molecule has 0 unspecified atom stereocenters. The number of benzene rings is 1. The third-order valence-corrected chi connectivity index (χ3v) is 5.64. The van der Waals surface area contributed by atoms with Crippen LogP contribution in [0.2, 0.25) is 0 Å². The summed E-state index contributed by atoms with van der Waals surface area (Å²) in [5, 5.41) is 5.70. The lowest BCUT2D eigenvalue weighted by Gasteiger charge is -2.36. The van der Waals surface area contributed by atoms with Crippen molar-refractivity contribution in [1.82, 2.24) is 15.6 Å². The molecule has 1 aromatic heterocycles. The van der Waals surface area contributed by atoms with Crippen LogP contribution >= 0.6 is 0 Å². The van der Waals surface area contributed by atoms with Crippen LogP contribution in [0.25, 0.3) is 0 Å². The van der Waals surface area contributed by atoms with Crippen LogP contribution in [-0.4, -0.2) is 57.0 Å². The van der Waals surface area contributed by atoms with Gasteiger partial charge in [0.15, 0.2) is 0 Å². The molecule has 0 bridgehead atoms. The van der Waals surface area contributed by atoms with Crippen molar-refractivity contribution in [1.29, 1.82) is 0 Å². The van der Waals surface area contributed by atoms with Gasteiger partial charge >= 0.3 is 6.03 Å². The Morgan fingerprint density at radius 1 is 1.06 bits per heavy atom. The number of piperazine rings is 1. The number of nitrogens with zero attached hydrogens (tertiary/aromatic N) is 3. The molecule has 2 aliphatic rings. The standard InChI is InChI=1S/C23H30FN5O2/c24-20-3-5-21(6-4-20)28-10-12-29(13-11-28)22-15-19(7-8-25-22)16-27-23(30)26-9-14-31-17-18-1-2-18/h3-8,15,18H,1-2,9-14,16-17H2,(H2,26,27,30). The van der Waals surface area contributed by atoms with Gasteiger partial charge in [0.25, 0.3) is 0 Å². The topological polar surface area (TPSA) is 69.7 Å². The maximum Gasteiger partial charge on any atom is 0.315 e. The minimum atomic E-state index is -0.215. The van der Waals surface area contributed by atoms with Crippen molar-refractivity contribution in [2.24, 2.45) is 5.92 Å². The molecule has 31 heavy (non-hydrogen) atoms. The van der Waals surface area contributed by atoms with Crippen LogP contribution in [0.4, 0.5) is 20.7 Å². The Morgan fingerprint density at radius 3 is 2.55 bits per heavy atom. The molecule has 1 saturated carbocycles. The van der Waals surface area contributed by atoms with Crippen LogP contribution in [0, 0.1) is 11.7 Å². The maximum atomic E-state index is 13.1. The predicted molar refractivity (Wildman–Crippen MR) is 119 cm³/mol. The van der Waals surface area contributed by atoms with E-state index in [2.05, 4.69) is 25.4 Å². The van der Waals surface area contributed by atoms with Gasteiger partial charge in [0, 0.05) is 57.8 Å². The highest BCUT2D eigenvalue weighted by Gasteiger charge is 2.21. The van der Waals surface area contributed by atoms with E-state index < -0.39 is 0 Å². The molecule has 2 fully saturated rings. The van der Waals surface area contributed by atoms with E-state index >= 15 is 0 Å². The first-order valence-corrected chi connectivity index (χ1v) is 11.0. The van der Waals surface area contributed by atoms with Crippen molar-refractivity contribution < 1.29 is 13.9 Å². The predicted octanol–water partition coefficient (Wildman–Crippen LogP) is 2.77. The zero-order valence-electron chi connectivity index (χ0n) is 17.7. The Morgan fingerprint density at radius 2 is 1.81 bits per heavy atom. The summed E-state index contributed by atoms with van der Waals surface area (Å²) >= 11 is 0. The first-order chi connectivity index (χ1) is 15.2. The molecule has 0 atom stereocenters. The number of amides is 2. The highest BCUT2D eigenvalue weighted by atomic mass is 19.1. The van der Waals surface area contributed by atoms with Crippen molar-refractivity contribution in [2.75, 3.05) is 55.7 Å². The van der Waals surface area contributed by atoms with E-state index in [-0.39, 0.29) is 11.8 Å². The van der Waals surface area contributed by atoms with Gasteiger partial charge in [-0.25, -0.2) is 14.2 Å². The van der Waals surface area contributed by atoms with Crippen LogP contribution in [0.5, 0.6) is 0 Å². The van der Waals surface area contributed by atoms with E-state index in [1.807, 2.05) is 24.3 Å². The lowest BCUT2D eigenvalue weighted by molar-refractivity contribution is 0.127. The van der Waals surface area contributed by atoms with E-state index in [4.69, 9.17) is 4.74 Å². The van der Waals surface area contributed by atoms with Gasteiger partial charge in [0.1, 0.15) is 11.6 Å². The minimum absolute atomic E-state index is 0.193. The molecule has 0 radical (unpaired) electrons. The van der Waals surface area contributed by atoms with Crippen molar-refractivity contribution in [3.05, 3.63) is 54.0 Å². The summed E-state index contributed by atoms with van der Waals surface area (Å²) in [6.45, 7) is 5.68. The largest absolute Gasteiger partial charge is 0.379 e. The second-order valence-electron chi connectivity index (χ2n) is 8.10. The number of ether oxygens (including phenoxy) is 1. The van der Waals surface area contributed by atoms with Crippen LogP contribution in [0.15, 0.2) is 42.6 Å². The molecule has 8 heteroatoms. The smallest absolute Gasteiger partial charge is 0.315 e. The molecule has 0 spiro atoms. The van der Waals surface area contributed by atoms with Crippen LogP contribution in [0.1, 0.15) is 18.4 Å². The van der Waals surface area contributed by atoms with Gasteiger partial charge in [-0.3, -0.25) is 0 Å². The lowest BCUT2D eigenvalue weighted by Crippen LogP contribution is -2.46. The maximum absolute atomic E-state index is 13.1. The number of carbonyl (C=O) groups is 1. The zero-order chi connectivity index (χ0) is 21.5. The van der Waals surface area contributed by atoms with Gasteiger partial charge in [-0.05, 0) is 60.7 Å². The third kappa shape index (κ3) is 6.55. The molecule has 1 aliphatic carbocycles. The van der Waals surface area contributed by atoms with Crippen molar-refractivity contribution in [3.8, 4) is 0 Å². The summed E-state index contributed by atoms with van der Waals surface area (Å²) < 4.78 is 18.7. The number of pyridine rings is 1. The summed E-state index contributed by atoms with van der Waals surface area (Å²) in [6.07, 6.45) is 4.32. The Kier molecular flexibility index (Phi) is 7.19. The molecule has 1 saturated heterocycles. The number of hydrogen-bond donors (Lipinski definition) is 2. The van der Waals surface area contributed by atoms with E-state index in [1.54, 1.807) is 6.20 Å². The highest BCUT2D eigenvalue weighted by Crippen LogP contribution is 2.28. The minimum Gasteiger partial charge on any atom is -0.379 e. The molecule has 2 amide bonds. The molecular weight excluding hydrogens is 397 g/mol. The molecule has 7 nitrogen and oxygen atoms in total. The van der Waals surface area contributed by atoms with Gasteiger partial charge in [0.05, 0.1) is 6.61 Å². The van der Waals surface area contributed by atoms with E-state index in [0.717, 1.165) is 55.8 Å². The Hall–Kier alpha value is -2.87. The SMILES string of the molecule is O=C(NCCOCC1CC1)NCc1ccnc(N2CCN(c3ccc(F)cc3)CC2)c1.